The summed E-state index contributed by atoms with van der Waals surface area (Å²) in [5, 5.41) is 0.708. The molecule has 2 aliphatic rings. The summed E-state index contributed by atoms with van der Waals surface area (Å²) in [5.74, 6) is 0.00229. The molecule has 0 aromatic rings. The topological polar surface area (TPSA) is 40.6 Å². The van der Waals surface area contributed by atoms with Crippen molar-refractivity contribution in [3.8, 4) is 0 Å². The van der Waals surface area contributed by atoms with E-state index in [2.05, 4.69) is 18.2 Å². The summed E-state index contributed by atoms with van der Waals surface area (Å²) in [6.07, 6.45) is 6.80. The molecule has 0 aromatic heterocycles. The lowest BCUT2D eigenvalue weighted by atomic mass is 10.2. The van der Waals surface area contributed by atoms with Crippen molar-refractivity contribution in [2.45, 2.75) is 43.4 Å². The number of imide groups is 1. The van der Waals surface area contributed by atoms with Crippen molar-refractivity contribution in [2.24, 2.45) is 0 Å². The third-order valence-corrected chi connectivity index (χ3v) is 5.27. The molecule has 5 heteroatoms. The zero-order valence-electron chi connectivity index (χ0n) is 11.2. The number of likely N-dealkylation sites (tertiary alicyclic amines) is 1. The molecule has 1 aliphatic carbocycles. The van der Waals surface area contributed by atoms with Crippen LogP contribution in [0.25, 0.3) is 0 Å². The number of hydrogen-bond acceptors (Lipinski definition) is 4. The molecule has 2 amide bonds. The van der Waals surface area contributed by atoms with Gasteiger partial charge in [-0.1, -0.05) is 6.42 Å². The second-order valence-corrected chi connectivity index (χ2v) is 6.27. The molecule has 18 heavy (non-hydrogen) atoms. The van der Waals surface area contributed by atoms with Gasteiger partial charge in [-0.2, -0.15) is 11.8 Å². The van der Waals surface area contributed by atoms with Gasteiger partial charge in [0, 0.05) is 37.2 Å². The number of thioether (sulfide) groups is 1. The molecule has 1 saturated carbocycles. The Labute approximate surface area is 113 Å². The minimum atomic E-state index is 0.00115. The summed E-state index contributed by atoms with van der Waals surface area (Å²) in [6, 6.07) is 0.604. The summed E-state index contributed by atoms with van der Waals surface area (Å²) in [4.78, 5) is 26.8. The smallest absolute Gasteiger partial charge is 0.229 e. The van der Waals surface area contributed by atoms with E-state index < -0.39 is 0 Å². The zero-order chi connectivity index (χ0) is 13.1. The highest BCUT2D eigenvalue weighted by molar-refractivity contribution is 7.99. The molecule has 0 bridgehead atoms. The predicted molar refractivity (Wildman–Crippen MR) is 73.5 cm³/mol. The maximum absolute atomic E-state index is 11.5. The number of amides is 2. The number of likely N-dealkylation sites (N-methyl/N-ethyl adjacent to an activating group) is 1. The first-order valence-electron chi connectivity index (χ1n) is 6.69. The first kappa shape index (κ1) is 13.9. The molecule has 0 N–H and O–H groups in total. The molecule has 102 valence electrons. The summed E-state index contributed by atoms with van der Waals surface area (Å²) < 4.78 is 0. The van der Waals surface area contributed by atoms with Crippen molar-refractivity contribution in [1.82, 2.24) is 9.80 Å². The standard InChI is InChI=1S/C13H22N2O2S/c1-14(10-4-3-5-11(10)18-2)8-9-15-12(16)6-7-13(15)17/h10-11H,3-9H2,1-2H3/t10-,11-/m1/s1. The Bertz CT molecular complexity index is 319. The van der Waals surface area contributed by atoms with E-state index in [9.17, 15) is 9.59 Å². The molecular weight excluding hydrogens is 248 g/mol. The van der Waals surface area contributed by atoms with Gasteiger partial charge in [0.15, 0.2) is 0 Å². The zero-order valence-corrected chi connectivity index (χ0v) is 12.0. The van der Waals surface area contributed by atoms with Gasteiger partial charge in [-0.3, -0.25) is 14.5 Å². The molecule has 1 aliphatic heterocycles. The van der Waals surface area contributed by atoms with Gasteiger partial charge in [0.25, 0.3) is 0 Å². The van der Waals surface area contributed by atoms with Gasteiger partial charge in [0.1, 0.15) is 0 Å². The Morgan fingerprint density at radius 1 is 1.28 bits per heavy atom. The third kappa shape index (κ3) is 2.88. The van der Waals surface area contributed by atoms with Crippen molar-refractivity contribution in [2.75, 3.05) is 26.4 Å². The minimum Gasteiger partial charge on any atom is -0.301 e. The van der Waals surface area contributed by atoms with E-state index in [0.29, 0.717) is 30.7 Å². The quantitative estimate of drug-likeness (QED) is 0.707. The maximum Gasteiger partial charge on any atom is 0.229 e. The van der Waals surface area contributed by atoms with Crippen LogP contribution in [0.1, 0.15) is 32.1 Å². The van der Waals surface area contributed by atoms with Crippen molar-refractivity contribution in [3.63, 3.8) is 0 Å². The first-order chi connectivity index (χ1) is 8.63. The predicted octanol–water partition coefficient (Wildman–Crippen LogP) is 1.35. The average Bonchev–Trinajstić information content (AvgIpc) is 2.94. The summed E-state index contributed by atoms with van der Waals surface area (Å²) in [7, 11) is 2.12. The van der Waals surface area contributed by atoms with E-state index >= 15 is 0 Å². The van der Waals surface area contributed by atoms with E-state index in [4.69, 9.17) is 0 Å². The monoisotopic (exact) mass is 270 g/mol. The number of rotatable bonds is 5. The van der Waals surface area contributed by atoms with Gasteiger partial charge >= 0.3 is 0 Å². The van der Waals surface area contributed by atoms with Crippen molar-refractivity contribution >= 4 is 23.6 Å². The second kappa shape index (κ2) is 6.06. The molecule has 1 saturated heterocycles. The summed E-state index contributed by atoms with van der Waals surface area (Å²) >= 11 is 1.94. The molecule has 2 fully saturated rings. The van der Waals surface area contributed by atoms with Crippen LogP contribution in [0.2, 0.25) is 0 Å². The Morgan fingerprint density at radius 3 is 2.56 bits per heavy atom. The molecule has 1 heterocycles. The van der Waals surface area contributed by atoms with Crippen LogP contribution in [0, 0.1) is 0 Å². The number of hydrogen-bond donors (Lipinski definition) is 0. The molecule has 0 spiro atoms. The van der Waals surface area contributed by atoms with Gasteiger partial charge in [-0.25, -0.2) is 0 Å². The van der Waals surface area contributed by atoms with Crippen LogP contribution in [0.3, 0.4) is 0 Å². The van der Waals surface area contributed by atoms with Crippen LogP contribution in [0.15, 0.2) is 0 Å². The van der Waals surface area contributed by atoms with Crippen LogP contribution in [-0.2, 0) is 9.59 Å². The largest absolute Gasteiger partial charge is 0.301 e. The number of nitrogens with zero attached hydrogens (tertiary/aromatic N) is 2. The highest BCUT2D eigenvalue weighted by Crippen LogP contribution is 2.31. The number of carbonyl (C=O) groups is 2. The summed E-state index contributed by atoms with van der Waals surface area (Å²) in [5.41, 5.74) is 0. The van der Waals surface area contributed by atoms with Crippen molar-refractivity contribution in [1.29, 1.82) is 0 Å². The lowest BCUT2D eigenvalue weighted by molar-refractivity contribution is -0.138. The van der Waals surface area contributed by atoms with Crippen molar-refractivity contribution < 1.29 is 9.59 Å². The first-order valence-corrected chi connectivity index (χ1v) is 7.98. The highest BCUT2D eigenvalue weighted by atomic mass is 32.2. The Kier molecular flexibility index (Phi) is 4.67. The van der Waals surface area contributed by atoms with Gasteiger partial charge in [0.05, 0.1) is 0 Å². The fourth-order valence-electron chi connectivity index (χ4n) is 2.98. The van der Waals surface area contributed by atoms with E-state index in [1.807, 2.05) is 11.8 Å². The van der Waals surface area contributed by atoms with Gasteiger partial charge in [0.2, 0.25) is 11.8 Å². The van der Waals surface area contributed by atoms with Crippen LogP contribution in [0.5, 0.6) is 0 Å². The Morgan fingerprint density at radius 2 is 1.94 bits per heavy atom. The normalized spacial score (nSPS) is 28.7. The third-order valence-electron chi connectivity index (χ3n) is 4.12. The molecule has 2 atom stereocenters. The Balaban J connectivity index is 1.82. The van der Waals surface area contributed by atoms with Crippen LogP contribution in [-0.4, -0.2) is 59.3 Å². The molecule has 0 unspecified atom stereocenters. The average molecular weight is 270 g/mol. The van der Waals surface area contributed by atoms with E-state index in [1.165, 1.54) is 24.2 Å². The fourth-order valence-corrected chi connectivity index (χ4v) is 4.04. The molecular formula is C13H22N2O2S. The van der Waals surface area contributed by atoms with E-state index in [0.717, 1.165) is 6.54 Å². The molecule has 4 nitrogen and oxygen atoms in total. The minimum absolute atomic E-state index is 0.00115. The lowest BCUT2D eigenvalue weighted by Gasteiger charge is -2.29. The number of carbonyl (C=O) groups excluding carboxylic acids is 2. The van der Waals surface area contributed by atoms with Crippen LogP contribution in [0.4, 0.5) is 0 Å². The second-order valence-electron chi connectivity index (χ2n) is 5.19. The van der Waals surface area contributed by atoms with Crippen LogP contribution < -0.4 is 0 Å². The summed E-state index contributed by atoms with van der Waals surface area (Å²) in [6.45, 7) is 1.37. The molecule has 0 aromatic carbocycles. The van der Waals surface area contributed by atoms with E-state index in [1.54, 1.807) is 0 Å². The van der Waals surface area contributed by atoms with Gasteiger partial charge in [-0.15, -0.1) is 0 Å². The van der Waals surface area contributed by atoms with Crippen molar-refractivity contribution in [3.05, 3.63) is 0 Å². The van der Waals surface area contributed by atoms with Crippen LogP contribution >= 0.6 is 11.8 Å². The highest BCUT2D eigenvalue weighted by Gasteiger charge is 2.32. The lowest BCUT2D eigenvalue weighted by Crippen LogP contribution is -2.42. The van der Waals surface area contributed by atoms with Gasteiger partial charge in [-0.05, 0) is 26.1 Å². The molecule has 0 radical (unpaired) electrons. The SMILES string of the molecule is CS[C@@H]1CCC[C@H]1N(C)CCN1C(=O)CCC1=O. The molecule has 2 rings (SSSR count). The Hall–Kier alpha value is -0.550. The maximum atomic E-state index is 11.5. The van der Waals surface area contributed by atoms with E-state index in [-0.39, 0.29) is 11.8 Å². The van der Waals surface area contributed by atoms with Gasteiger partial charge < -0.3 is 4.90 Å². The fraction of sp³-hybridized carbons (Fsp3) is 0.846.